The summed E-state index contributed by atoms with van der Waals surface area (Å²) in [6.07, 6.45) is 4.00. The Balaban J connectivity index is -0.000000313. The SMILES string of the molecule is C[CH-]C.C[CH-]C.Cl.Cl.[Si]=[Zr].c1ccc2[cH-]ccc2c1.c1ccc2[cH-]ccc2c1. The molecule has 0 bridgehead atoms. The quantitative estimate of drug-likeness (QED) is 0.167. The Morgan fingerprint density at radius 3 is 1.18 bits per heavy atom. The Hall–Kier alpha value is -0.660. The van der Waals surface area contributed by atoms with Crippen LogP contribution in [-0.2, 0) is 23.3 Å². The first-order chi connectivity index (χ1) is 12.8. The van der Waals surface area contributed by atoms with E-state index >= 15 is 0 Å². The van der Waals surface area contributed by atoms with E-state index in [9.17, 15) is 0 Å². The molecule has 0 saturated heterocycles. The van der Waals surface area contributed by atoms with Gasteiger partial charge in [-0.1, -0.05) is 12.1 Å². The summed E-state index contributed by atoms with van der Waals surface area (Å²) in [4.78, 5) is 0. The molecule has 0 aliphatic carbocycles. The van der Waals surface area contributed by atoms with Crippen molar-refractivity contribution in [2.75, 3.05) is 0 Å². The minimum absolute atomic E-state index is 0. The third-order valence-electron chi connectivity index (χ3n) is 3.10. The van der Waals surface area contributed by atoms with Gasteiger partial charge in [0.1, 0.15) is 0 Å². The number of rotatable bonds is 0. The predicted molar refractivity (Wildman–Crippen MR) is 131 cm³/mol. The third kappa shape index (κ3) is 13.5. The van der Waals surface area contributed by atoms with Crippen molar-refractivity contribution in [1.82, 2.24) is 0 Å². The van der Waals surface area contributed by atoms with E-state index in [4.69, 9.17) is 0 Å². The molecule has 0 atom stereocenters. The van der Waals surface area contributed by atoms with Gasteiger partial charge in [0.2, 0.25) is 0 Å². The summed E-state index contributed by atoms with van der Waals surface area (Å²) in [5.74, 6) is 0. The Kier molecular flexibility index (Phi) is 25.9. The van der Waals surface area contributed by atoms with Gasteiger partial charge in [-0.15, -0.1) is 84.1 Å². The molecule has 0 aromatic heterocycles. The zero-order valence-electron chi connectivity index (χ0n) is 17.1. The molecule has 4 rings (SSSR count). The van der Waals surface area contributed by atoms with Crippen molar-refractivity contribution in [2.24, 2.45) is 0 Å². The van der Waals surface area contributed by atoms with Gasteiger partial charge in [-0.25, -0.2) is 0 Å². The van der Waals surface area contributed by atoms with Crippen molar-refractivity contribution in [1.29, 1.82) is 0 Å². The maximum atomic E-state index is 3.06. The van der Waals surface area contributed by atoms with E-state index in [0.717, 1.165) is 0 Å². The molecule has 28 heavy (non-hydrogen) atoms. The topological polar surface area (TPSA) is 0 Å². The smallest absolute Gasteiger partial charge is 0.0809 e. The van der Waals surface area contributed by atoms with Crippen LogP contribution in [-0.4, -0.2) is 6.88 Å². The van der Waals surface area contributed by atoms with Crippen LogP contribution in [0.5, 0.6) is 0 Å². The Labute approximate surface area is 200 Å². The molecule has 0 aliphatic heterocycles. The van der Waals surface area contributed by atoms with Gasteiger partial charge in [0.15, 0.2) is 0 Å². The summed E-state index contributed by atoms with van der Waals surface area (Å²) in [5.41, 5.74) is 0. The van der Waals surface area contributed by atoms with Crippen molar-refractivity contribution in [3.63, 3.8) is 0 Å². The Bertz CT molecular complexity index is 680. The number of benzene rings is 2. The van der Waals surface area contributed by atoms with E-state index in [-0.39, 0.29) is 24.8 Å². The molecule has 0 N–H and O–H groups in total. The second-order valence-electron chi connectivity index (χ2n) is 5.46. The van der Waals surface area contributed by atoms with Crippen molar-refractivity contribution < 1.29 is 23.3 Å². The first-order valence-corrected chi connectivity index (χ1v) is 12.9. The molecule has 0 heterocycles. The Morgan fingerprint density at radius 2 is 0.893 bits per heavy atom. The second kappa shape index (κ2) is 22.6. The van der Waals surface area contributed by atoms with Crippen molar-refractivity contribution >= 4 is 53.2 Å². The van der Waals surface area contributed by atoms with E-state index in [1.165, 1.54) is 44.9 Å². The fourth-order valence-electron chi connectivity index (χ4n) is 2.14. The minimum Gasteiger partial charge on any atom is -0.168 e. The molecule has 0 fully saturated rings. The number of halogens is 2. The van der Waals surface area contributed by atoms with E-state index in [1.807, 2.05) is 40.5 Å². The molecule has 2 radical (unpaired) electrons. The van der Waals surface area contributed by atoms with Gasteiger partial charge in [-0.3, -0.25) is 0 Å². The van der Waals surface area contributed by atoms with E-state index in [2.05, 4.69) is 91.8 Å². The average molecular weight is 509 g/mol. The summed E-state index contributed by atoms with van der Waals surface area (Å²) in [7, 11) is 0. The first-order valence-electron chi connectivity index (χ1n) is 8.70. The summed E-state index contributed by atoms with van der Waals surface area (Å²) < 4.78 is 0. The zero-order chi connectivity index (χ0) is 19.6. The average Bonchev–Trinajstić information content (AvgIpc) is 3.34. The molecule has 0 nitrogen and oxygen atoms in total. The number of fused-ring (bicyclic) bond motifs is 2. The summed E-state index contributed by atoms with van der Waals surface area (Å²) >= 11 is 1.36. The molecule has 4 heteroatoms. The van der Waals surface area contributed by atoms with Crippen LogP contribution < -0.4 is 0 Å². The monoisotopic (exact) mass is 506 g/mol. The third-order valence-corrected chi connectivity index (χ3v) is 3.10. The van der Waals surface area contributed by atoms with Gasteiger partial charge in [0.05, 0.1) is 0 Å². The number of hydrogen-bond donors (Lipinski definition) is 0. The van der Waals surface area contributed by atoms with Crippen molar-refractivity contribution in [3.8, 4) is 0 Å². The van der Waals surface area contributed by atoms with Crippen LogP contribution in [0.15, 0.2) is 84.9 Å². The zero-order valence-corrected chi connectivity index (χ0v) is 22.1. The molecule has 4 aromatic rings. The van der Waals surface area contributed by atoms with Crippen LogP contribution in [0.4, 0.5) is 0 Å². The van der Waals surface area contributed by atoms with Gasteiger partial charge in [-0.05, 0) is 0 Å². The number of hydrogen-bond acceptors (Lipinski definition) is 0. The molecular weight excluding hydrogens is 478 g/mol. The van der Waals surface area contributed by atoms with E-state index in [0.29, 0.717) is 0 Å². The van der Waals surface area contributed by atoms with Gasteiger partial charge < -0.3 is 12.8 Å². The van der Waals surface area contributed by atoms with Gasteiger partial charge in [0, 0.05) is 0 Å². The maximum Gasteiger partial charge on any atom is -0.0809 e. The fourth-order valence-corrected chi connectivity index (χ4v) is 2.14. The largest absolute Gasteiger partial charge is 0.168 e. The van der Waals surface area contributed by atoms with Crippen LogP contribution in [0.1, 0.15) is 27.7 Å². The molecule has 0 unspecified atom stereocenters. The normalized spacial score (nSPS) is 7.96. The van der Waals surface area contributed by atoms with Crippen LogP contribution in [0.25, 0.3) is 21.5 Å². The van der Waals surface area contributed by atoms with E-state index < -0.39 is 0 Å². The van der Waals surface area contributed by atoms with Crippen LogP contribution in [0, 0.1) is 12.8 Å². The van der Waals surface area contributed by atoms with Crippen LogP contribution in [0.2, 0.25) is 0 Å². The minimum atomic E-state index is 0. The molecular formula is C24H30Cl2SiZr-4. The molecule has 0 amide bonds. The van der Waals surface area contributed by atoms with Crippen LogP contribution >= 0.6 is 24.8 Å². The maximum absolute atomic E-state index is 3.06. The first kappa shape index (κ1) is 32.0. The standard InChI is InChI=1S/2C9H7.2C3H7.2ClH.Si.Zr/c2*1-2-5-9-7-3-6-8(9)4-1;2*1-3-2;;;;/h2*1-7H;2*3H,1-2H3;2*1H;;/q4*-1;;;;. The summed E-state index contributed by atoms with van der Waals surface area (Å²) in [6, 6.07) is 29.3. The van der Waals surface area contributed by atoms with Crippen LogP contribution in [0.3, 0.4) is 0 Å². The molecule has 152 valence electrons. The van der Waals surface area contributed by atoms with Gasteiger partial charge in [-0.2, -0.15) is 62.7 Å². The molecule has 0 saturated carbocycles. The summed E-state index contributed by atoms with van der Waals surface area (Å²) in [6.45, 7) is 11.1. The van der Waals surface area contributed by atoms with Gasteiger partial charge in [0.25, 0.3) is 0 Å². The Morgan fingerprint density at radius 1 is 0.607 bits per heavy atom. The predicted octanol–water partition coefficient (Wildman–Crippen LogP) is 8.04. The second-order valence-corrected chi connectivity index (χ2v) is 5.46. The summed E-state index contributed by atoms with van der Waals surface area (Å²) in [5, 5.41) is 5.32. The molecule has 0 spiro atoms. The van der Waals surface area contributed by atoms with Crippen molar-refractivity contribution in [2.45, 2.75) is 27.7 Å². The van der Waals surface area contributed by atoms with Crippen molar-refractivity contribution in [3.05, 3.63) is 97.8 Å². The fraction of sp³-hybridized carbons (Fsp3) is 0.167. The van der Waals surface area contributed by atoms with E-state index in [1.54, 1.807) is 0 Å². The van der Waals surface area contributed by atoms with Gasteiger partial charge >= 0.3 is 30.2 Å². The molecule has 0 aliphatic rings. The molecule has 4 aromatic carbocycles.